The van der Waals surface area contributed by atoms with Crippen LogP contribution in [0.3, 0.4) is 0 Å². The molecule has 1 N–H and O–H groups in total. The van der Waals surface area contributed by atoms with Crippen LogP contribution >= 0.6 is 0 Å². The van der Waals surface area contributed by atoms with Crippen molar-refractivity contribution >= 4 is 11.5 Å². The quantitative estimate of drug-likeness (QED) is 0.550. The number of anilines is 1. The lowest BCUT2D eigenvalue weighted by Gasteiger charge is -2.09. The van der Waals surface area contributed by atoms with Gasteiger partial charge in [-0.05, 0) is 19.8 Å². The number of rotatable bonds is 8. The van der Waals surface area contributed by atoms with Gasteiger partial charge in [0, 0.05) is 24.9 Å². The van der Waals surface area contributed by atoms with E-state index in [0.717, 1.165) is 19.3 Å². The van der Waals surface area contributed by atoms with Crippen molar-refractivity contribution in [3.05, 3.63) is 26.0 Å². The van der Waals surface area contributed by atoms with Gasteiger partial charge in [-0.2, -0.15) is 0 Å². The molecule has 0 aromatic heterocycles. The van der Waals surface area contributed by atoms with Crippen LogP contribution in [0.2, 0.25) is 0 Å². The lowest BCUT2D eigenvalue weighted by atomic mass is 10.1. The summed E-state index contributed by atoms with van der Waals surface area (Å²) in [6.45, 7) is 4.22. The van der Waals surface area contributed by atoms with Crippen molar-refractivity contribution in [1.82, 2.24) is 0 Å². The lowest BCUT2D eigenvalue weighted by Crippen LogP contribution is -2.37. The number of carbonyl (C=O) groups is 1. The van der Waals surface area contributed by atoms with Gasteiger partial charge in [0.1, 0.15) is 5.78 Å². The molecule has 0 bridgehead atoms. The summed E-state index contributed by atoms with van der Waals surface area (Å²) in [5, 5.41) is 2.98. The molecule has 0 amide bonds. The fourth-order valence-corrected chi connectivity index (χ4v) is 1.73. The number of carbonyl (C=O) groups excluding carboxylic acids is 1. The summed E-state index contributed by atoms with van der Waals surface area (Å²) in [5.74, 6) is 0.302. The lowest BCUT2D eigenvalue weighted by molar-refractivity contribution is -0.118. The molecule has 0 unspecified atom stereocenters. The standard InChI is InChI=1S/C13H19NO3/c1-3-10(15)7-5-4-6-8-14-11-9(2)12(16)13(11)17/h14H,3-8H2,1-2H3. The highest BCUT2D eigenvalue weighted by Gasteiger charge is 2.15. The molecule has 0 saturated carbocycles. The Balaban J connectivity index is 2.12. The van der Waals surface area contributed by atoms with Crippen LogP contribution in [0, 0.1) is 6.92 Å². The van der Waals surface area contributed by atoms with Crippen molar-refractivity contribution in [2.75, 3.05) is 11.9 Å². The first-order valence-electron chi connectivity index (χ1n) is 6.13. The third-order valence-corrected chi connectivity index (χ3v) is 2.98. The molecule has 1 aromatic rings. The van der Waals surface area contributed by atoms with Crippen LogP contribution in [0.4, 0.5) is 5.69 Å². The van der Waals surface area contributed by atoms with E-state index in [2.05, 4.69) is 5.32 Å². The Hall–Kier alpha value is -1.45. The van der Waals surface area contributed by atoms with Crippen LogP contribution in [-0.2, 0) is 4.79 Å². The summed E-state index contributed by atoms with van der Waals surface area (Å²) in [6.07, 6.45) is 4.04. The second-order valence-corrected chi connectivity index (χ2v) is 4.29. The number of Topliss-reactive ketones (excluding diaryl/α,β-unsaturated/α-hetero) is 1. The van der Waals surface area contributed by atoms with Crippen LogP contribution in [0.25, 0.3) is 0 Å². The Morgan fingerprint density at radius 2 is 1.82 bits per heavy atom. The van der Waals surface area contributed by atoms with E-state index in [9.17, 15) is 14.4 Å². The molecule has 0 saturated heterocycles. The van der Waals surface area contributed by atoms with Gasteiger partial charge in [0.15, 0.2) is 0 Å². The summed E-state index contributed by atoms with van der Waals surface area (Å²) < 4.78 is 0. The van der Waals surface area contributed by atoms with Gasteiger partial charge in [-0.3, -0.25) is 14.4 Å². The first-order valence-corrected chi connectivity index (χ1v) is 6.13. The van der Waals surface area contributed by atoms with Gasteiger partial charge >= 0.3 is 0 Å². The molecule has 1 aromatic carbocycles. The summed E-state index contributed by atoms with van der Waals surface area (Å²) in [6, 6.07) is 0. The normalized spacial score (nSPS) is 10.7. The van der Waals surface area contributed by atoms with Gasteiger partial charge in [0.05, 0.1) is 5.69 Å². The maximum atomic E-state index is 11.1. The maximum Gasteiger partial charge on any atom is 0.249 e. The average Bonchev–Trinajstić information content (AvgIpc) is 2.36. The Bertz CT molecular complexity index is 455. The zero-order valence-corrected chi connectivity index (χ0v) is 10.5. The van der Waals surface area contributed by atoms with E-state index in [0.29, 0.717) is 36.4 Å². The Labute approximate surface area is 101 Å². The molecule has 1 rings (SSSR count). The summed E-state index contributed by atoms with van der Waals surface area (Å²) >= 11 is 0. The molecule has 4 heteroatoms. The topological polar surface area (TPSA) is 63.2 Å². The van der Waals surface area contributed by atoms with Gasteiger partial charge in [-0.25, -0.2) is 0 Å². The molecule has 17 heavy (non-hydrogen) atoms. The molecule has 94 valence electrons. The number of hydrogen-bond acceptors (Lipinski definition) is 4. The van der Waals surface area contributed by atoms with Gasteiger partial charge in [0.25, 0.3) is 0 Å². The average molecular weight is 237 g/mol. The van der Waals surface area contributed by atoms with E-state index in [4.69, 9.17) is 0 Å². The van der Waals surface area contributed by atoms with Crippen molar-refractivity contribution in [3.8, 4) is 0 Å². The predicted octanol–water partition coefficient (Wildman–Crippen LogP) is 1.54. The molecule has 4 nitrogen and oxygen atoms in total. The van der Waals surface area contributed by atoms with E-state index in [1.54, 1.807) is 6.92 Å². The Kier molecular flexibility index (Phi) is 5.07. The molecule has 0 atom stereocenters. The second-order valence-electron chi connectivity index (χ2n) is 4.29. The number of hydrogen-bond donors (Lipinski definition) is 1. The Morgan fingerprint density at radius 1 is 1.12 bits per heavy atom. The fourth-order valence-electron chi connectivity index (χ4n) is 1.73. The van der Waals surface area contributed by atoms with Gasteiger partial charge < -0.3 is 5.32 Å². The van der Waals surface area contributed by atoms with Gasteiger partial charge in [-0.1, -0.05) is 13.3 Å². The van der Waals surface area contributed by atoms with Crippen LogP contribution in [0.15, 0.2) is 9.59 Å². The van der Waals surface area contributed by atoms with Crippen LogP contribution in [0.1, 0.15) is 44.6 Å². The Morgan fingerprint density at radius 3 is 2.41 bits per heavy atom. The fraction of sp³-hybridized carbons (Fsp3) is 0.615. The number of ketones is 1. The molecule has 0 heterocycles. The van der Waals surface area contributed by atoms with Crippen molar-refractivity contribution in [2.45, 2.75) is 46.0 Å². The van der Waals surface area contributed by atoms with E-state index in [-0.39, 0.29) is 5.43 Å². The van der Waals surface area contributed by atoms with E-state index >= 15 is 0 Å². The predicted molar refractivity (Wildman–Crippen MR) is 68.3 cm³/mol. The minimum atomic E-state index is -0.399. The first kappa shape index (κ1) is 13.6. The van der Waals surface area contributed by atoms with E-state index in [1.165, 1.54) is 0 Å². The molecule has 0 spiro atoms. The van der Waals surface area contributed by atoms with E-state index in [1.807, 2.05) is 6.92 Å². The van der Waals surface area contributed by atoms with Crippen LogP contribution < -0.4 is 16.2 Å². The van der Waals surface area contributed by atoms with E-state index < -0.39 is 5.43 Å². The largest absolute Gasteiger partial charge is 0.381 e. The smallest absolute Gasteiger partial charge is 0.249 e. The summed E-state index contributed by atoms with van der Waals surface area (Å²) in [7, 11) is 0. The monoisotopic (exact) mass is 237 g/mol. The molecular formula is C13H19NO3. The number of unbranched alkanes of at least 4 members (excludes halogenated alkanes) is 2. The minimum absolute atomic E-state index is 0.302. The molecule has 0 radical (unpaired) electrons. The summed E-state index contributed by atoms with van der Waals surface area (Å²) in [5.41, 5.74) is 0.237. The second kappa shape index (κ2) is 6.33. The SMILES string of the molecule is CCC(=O)CCCCCNc1c(C)c(=O)c1=O. The minimum Gasteiger partial charge on any atom is -0.381 e. The zero-order valence-electron chi connectivity index (χ0n) is 10.5. The highest BCUT2D eigenvalue weighted by atomic mass is 16.2. The molecule has 0 aliphatic heterocycles. The zero-order chi connectivity index (χ0) is 12.8. The highest BCUT2D eigenvalue weighted by Crippen LogP contribution is 2.07. The van der Waals surface area contributed by atoms with Crippen molar-refractivity contribution in [3.63, 3.8) is 0 Å². The molecule has 0 fully saturated rings. The molecule has 0 aliphatic carbocycles. The third kappa shape index (κ3) is 3.51. The van der Waals surface area contributed by atoms with Crippen LogP contribution in [-0.4, -0.2) is 12.3 Å². The third-order valence-electron chi connectivity index (χ3n) is 2.98. The molecular weight excluding hydrogens is 218 g/mol. The maximum absolute atomic E-state index is 11.1. The highest BCUT2D eigenvalue weighted by molar-refractivity contribution is 5.77. The van der Waals surface area contributed by atoms with Crippen molar-refractivity contribution in [2.24, 2.45) is 0 Å². The van der Waals surface area contributed by atoms with Crippen molar-refractivity contribution in [1.29, 1.82) is 0 Å². The van der Waals surface area contributed by atoms with Gasteiger partial charge in [0.2, 0.25) is 10.9 Å². The van der Waals surface area contributed by atoms with Gasteiger partial charge in [-0.15, -0.1) is 0 Å². The first-order chi connectivity index (χ1) is 8.07. The summed E-state index contributed by atoms with van der Waals surface area (Å²) in [4.78, 5) is 33.1. The van der Waals surface area contributed by atoms with Crippen molar-refractivity contribution < 1.29 is 4.79 Å². The number of nitrogens with one attached hydrogen (secondary N) is 1. The van der Waals surface area contributed by atoms with Crippen LogP contribution in [0.5, 0.6) is 0 Å². The molecule has 0 aliphatic rings.